The minimum Gasteiger partial charge on any atom is -0.273 e. The number of hydroxylamine groups is 1. The first-order chi connectivity index (χ1) is 14.6. The molecule has 0 aliphatic carbocycles. The number of hydrogen-bond donors (Lipinski definition) is 0. The smallest absolute Gasteiger partial charge is 0.266 e. The molecule has 0 unspecified atom stereocenters. The molecule has 0 saturated carbocycles. The second-order valence-electron chi connectivity index (χ2n) is 7.87. The average molecular weight is 398 g/mol. The maximum absolute atomic E-state index is 13.5. The van der Waals surface area contributed by atoms with E-state index in [1.807, 2.05) is 74.5 Å². The summed E-state index contributed by atoms with van der Waals surface area (Å²) in [7, 11) is 0. The van der Waals surface area contributed by atoms with Gasteiger partial charge in [0.15, 0.2) is 6.10 Å². The molecule has 5 heteroatoms. The van der Waals surface area contributed by atoms with Gasteiger partial charge in [-0.05, 0) is 49.2 Å². The molecule has 2 heterocycles. The first-order valence-electron chi connectivity index (χ1n) is 10.1. The van der Waals surface area contributed by atoms with Gasteiger partial charge in [-0.15, -0.1) is 0 Å². The molecule has 2 saturated heterocycles. The molecule has 0 spiro atoms. The topological polar surface area (TPSA) is 49.9 Å². The van der Waals surface area contributed by atoms with Crippen molar-refractivity contribution in [3.8, 4) is 0 Å². The van der Waals surface area contributed by atoms with E-state index in [0.717, 1.165) is 22.4 Å². The largest absolute Gasteiger partial charge is 0.273 e. The Morgan fingerprint density at radius 1 is 0.767 bits per heavy atom. The zero-order valence-electron chi connectivity index (χ0n) is 16.9. The van der Waals surface area contributed by atoms with E-state index in [4.69, 9.17) is 4.84 Å². The summed E-state index contributed by atoms with van der Waals surface area (Å²) in [6.45, 7) is 4.08. The SMILES string of the molecule is Cc1ccc([C@@H]2[C@H]3C(=O)N(c4ccccc4)C(=O)[C@@H]3ON2c2ccccc2)c(C)c1. The molecule has 2 amide bonds. The minimum absolute atomic E-state index is 0.223. The third-order valence-corrected chi connectivity index (χ3v) is 5.88. The fourth-order valence-corrected chi connectivity index (χ4v) is 4.52. The summed E-state index contributed by atoms with van der Waals surface area (Å²) in [5, 5.41) is 1.74. The van der Waals surface area contributed by atoms with Crippen LogP contribution in [0.15, 0.2) is 78.9 Å². The molecule has 2 fully saturated rings. The van der Waals surface area contributed by atoms with Crippen molar-refractivity contribution in [1.29, 1.82) is 0 Å². The third kappa shape index (κ3) is 2.82. The highest BCUT2D eigenvalue weighted by atomic mass is 16.7. The van der Waals surface area contributed by atoms with Crippen molar-refractivity contribution in [2.24, 2.45) is 5.92 Å². The van der Waals surface area contributed by atoms with Crippen molar-refractivity contribution in [1.82, 2.24) is 0 Å². The van der Waals surface area contributed by atoms with Gasteiger partial charge in [-0.3, -0.25) is 14.4 Å². The Balaban J connectivity index is 1.62. The number of anilines is 2. The number of nitrogens with zero attached hydrogens (tertiary/aromatic N) is 2. The van der Waals surface area contributed by atoms with Gasteiger partial charge >= 0.3 is 0 Å². The Kier molecular flexibility index (Phi) is 4.40. The predicted octanol–water partition coefficient (Wildman–Crippen LogP) is 4.35. The monoisotopic (exact) mass is 398 g/mol. The van der Waals surface area contributed by atoms with E-state index in [9.17, 15) is 9.59 Å². The summed E-state index contributed by atoms with van der Waals surface area (Å²) in [4.78, 5) is 34.2. The number of para-hydroxylation sites is 2. The van der Waals surface area contributed by atoms with E-state index in [1.54, 1.807) is 17.2 Å². The van der Waals surface area contributed by atoms with Crippen LogP contribution >= 0.6 is 0 Å². The van der Waals surface area contributed by atoms with Gasteiger partial charge in [-0.2, -0.15) is 0 Å². The zero-order chi connectivity index (χ0) is 20.8. The van der Waals surface area contributed by atoms with E-state index >= 15 is 0 Å². The summed E-state index contributed by atoms with van der Waals surface area (Å²) < 4.78 is 0. The molecule has 2 aliphatic heterocycles. The van der Waals surface area contributed by atoms with Crippen LogP contribution in [0, 0.1) is 19.8 Å². The Bertz CT molecular complexity index is 1110. The first kappa shape index (κ1) is 18.6. The highest BCUT2D eigenvalue weighted by Gasteiger charge is 2.60. The number of fused-ring (bicyclic) bond motifs is 1. The molecule has 0 N–H and O–H groups in total. The highest BCUT2D eigenvalue weighted by Crippen LogP contribution is 2.48. The predicted molar refractivity (Wildman–Crippen MR) is 115 cm³/mol. The van der Waals surface area contributed by atoms with Gasteiger partial charge in [0.1, 0.15) is 5.92 Å². The number of carbonyl (C=O) groups is 2. The van der Waals surface area contributed by atoms with Gasteiger partial charge in [0.25, 0.3) is 5.91 Å². The Labute approximate surface area is 175 Å². The number of rotatable bonds is 3. The normalized spacial score (nSPS) is 23.2. The van der Waals surface area contributed by atoms with Crippen molar-refractivity contribution in [2.45, 2.75) is 26.0 Å². The maximum Gasteiger partial charge on any atom is 0.266 e. The molecular weight excluding hydrogens is 376 g/mol. The number of hydrogen-bond acceptors (Lipinski definition) is 4. The van der Waals surface area contributed by atoms with Crippen LogP contribution in [0.3, 0.4) is 0 Å². The maximum atomic E-state index is 13.5. The summed E-state index contributed by atoms with van der Waals surface area (Å²) >= 11 is 0. The molecule has 150 valence electrons. The lowest BCUT2D eigenvalue weighted by Gasteiger charge is -2.29. The molecule has 3 aromatic carbocycles. The van der Waals surface area contributed by atoms with Crippen molar-refractivity contribution in [3.63, 3.8) is 0 Å². The minimum atomic E-state index is -0.844. The first-order valence-corrected chi connectivity index (χ1v) is 10.1. The van der Waals surface area contributed by atoms with E-state index in [-0.39, 0.29) is 17.9 Å². The Morgan fingerprint density at radius 3 is 2.03 bits per heavy atom. The lowest BCUT2D eigenvalue weighted by atomic mass is 9.87. The summed E-state index contributed by atoms with van der Waals surface area (Å²) in [5.41, 5.74) is 4.62. The molecule has 0 bridgehead atoms. The molecular formula is C25H22N2O3. The lowest BCUT2D eigenvalue weighted by molar-refractivity contribution is -0.126. The molecule has 5 rings (SSSR count). The summed E-state index contributed by atoms with van der Waals surface area (Å²) in [5.74, 6) is -1.15. The number of aryl methyl sites for hydroxylation is 2. The Hall–Kier alpha value is -3.44. The Morgan fingerprint density at radius 2 is 1.40 bits per heavy atom. The number of benzene rings is 3. The molecule has 0 radical (unpaired) electrons. The van der Waals surface area contributed by atoms with Gasteiger partial charge in [-0.25, -0.2) is 9.96 Å². The third-order valence-electron chi connectivity index (χ3n) is 5.88. The standard InChI is InChI=1S/C25H22N2O3/c1-16-13-14-20(17(2)15-16)22-21-23(30-27(22)19-11-7-4-8-12-19)25(29)26(24(21)28)18-9-5-3-6-10-18/h3-15,21-23H,1-2H3/t21-,22-,23-/m1/s1. The molecule has 3 aromatic rings. The van der Waals surface area contributed by atoms with Crippen molar-refractivity contribution in [2.75, 3.05) is 9.96 Å². The second kappa shape index (κ2) is 7.11. The number of imide groups is 1. The van der Waals surface area contributed by atoms with Gasteiger partial charge in [0, 0.05) is 0 Å². The van der Waals surface area contributed by atoms with Crippen molar-refractivity contribution in [3.05, 3.63) is 95.6 Å². The molecule has 3 atom stereocenters. The van der Waals surface area contributed by atoms with Gasteiger partial charge < -0.3 is 0 Å². The molecule has 5 nitrogen and oxygen atoms in total. The van der Waals surface area contributed by atoms with Crippen LogP contribution in [0.25, 0.3) is 0 Å². The lowest BCUT2D eigenvalue weighted by Crippen LogP contribution is -2.37. The van der Waals surface area contributed by atoms with E-state index in [2.05, 4.69) is 6.07 Å². The van der Waals surface area contributed by atoms with E-state index in [1.165, 1.54) is 4.90 Å². The fraction of sp³-hybridized carbons (Fsp3) is 0.200. The van der Waals surface area contributed by atoms with E-state index in [0.29, 0.717) is 5.69 Å². The highest BCUT2D eigenvalue weighted by molar-refractivity contribution is 6.23. The van der Waals surface area contributed by atoms with Crippen LogP contribution in [0.4, 0.5) is 11.4 Å². The van der Waals surface area contributed by atoms with Crippen LogP contribution in [0.1, 0.15) is 22.7 Å². The quantitative estimate of drug-likeness (QED) is 0.616. The van der Waals surface area contributed by atoms with Crippen LogP contribution in [-0.2, 0) is 14.4 Å². The van der Waals surface area contributed by atoms with Gasteiger partial charge in [-0.1, -0.05) is 60.2 Å². The van der Waals surface area contributed by atoms with Gasteiger partial charge in [0.05, 0.1) is 17.4 Å². The van der Waals surface area contributed by atoms with Gasteiger partial charge in [0.2, 0.25) is 5.91 Å². The molecule has 30 heavy (non-hydrogen) atoms. The number of carbonyl (C=O) groups excluding carboxylic acids is 2. The zero-order valence-corrected chi connectivity index (χ0v) is 16.9. The summed E-state index contributed by atoms with van der Waals surface area (Å²) in [6, 6.07) is 24.5. The van der Waals surface area contributed by atoms with Crippen molar-refractivity contribution >= 4 is 23.2 Å². The number of amides is 2. The van der Waals surface area contributed by atoms with Crippen LogP contribution in [-0.4, -0.2) is 17.9 Å². The van der Waals surface area contributed by atoms with Crippen LogP contribution < -0.4 is 9.96 Å². The van der Waals surface area contributed by atoms with Crippen LogP contribution in [0.2, 0.25) is 0 Å². The molecule has 2 aliphatic rings. The summed E-state index contributed by atoms with van der Waals surface area (Å²) in [6.07, 6.45) is -0.844. The second-order valence-corrected chi connectivity index (χ2v) is 7.87. The molecule has 0 aromatic heterocycles. The van der Waals surface area contributed by atoms with Crippen LogP contribution in [0.5, 0.6) is 0 Å². The van der Waals surface area contributed by atoms with E-state index < -0.39 is 12.0 Å². The average Bonchev–Trinajstić information content (AvgIpc) is 3.26. The van der Waals surface area contributed by atoms with Crippen molar-refractivity contribution < 1.29 is 14.4 Å². The fourth-order valence-electron chi connectivity index (χ4n) is 4.52.